The van der Waals surface area contributed by atoms with Crippen LogP contribution in [0.5, 0.6) is 0 Å². The Morgan fingerprint density at radius 3 is 1.86 bits per heavy atom. The highest BCUT2D eigenvalue weighted by Crippen LogP contribution is 2.17. The van der Waals surface area contributed by atoms with Crippen molar-refractivity contribution < 1.29 is 0 Å². The van der Waals surface area contributed by atoms with Crippen molar-refractivity contribution in [1.29, 1.82) is 0 Å². The fraction of sp³-hybridized carbons (Fsp3) is 1.00. The van der Waals surface area contributed by atoms with Gasteiger partial charge in [-0.15, -0.1) is 0 Å². The Morgan fingerprint density at radius 1 is 1.00 bits per heavy atom. The van der Waals surface area contributed by atoms with Gasteiger partial charge in [-0.1, -0.05) is 37.9 Å². The Kier molecular flexibility index (Phi) is 1.92. The maximum absolute atomic E-state index is 2.50. The van der Waals surface area contributed by atoms with Gasteiger partial charge in [0, 0.05) is 8.80 Å². The topological polar surface area (TPSA) is 0 Å². The van der Waals surface area contributed by atoms with Crippen molar-refractivity contribution in [3.8, 4) is 0 Å². The van der Waals surface area contributed by atoms with Crippen LogP contribution in [0, 0.1) is 0 Å². The Bertz CT molecular complexity index is 46.1. The third kappa shape index (κ3) is 1.64. The predicted molar refractivity (Wildman–Crippen MR) is 36.5 cm³/mol. The lowest BCUT2D eigenvalue weighted by molar-refractivity contribution is 0.725. The van der Waals surface area contributed by atoms with Gasteiger partial charge in [-0.25, -0.2) is 0 Å². The fourth-order valence-corrected chi connectivity index (χ4v) is 3.57. The van der Waals surface area contributed by atoms with Crippen molar-refractivity contribution in [2.75, 3.05) is 0 Å². The summed E-state index contributed by atoms with van der Waals surface area (Å²) in [4.78, 5) is 0. The van der Waals surface area contributed by atoms with Crippen LogP contribution in [-0.4, -0.2) is 8.80 Å². The zero-order valence-corrected chi connectivity index (χ0v) is 6.27. The van der Waals surface area contributed by atoms with Crippen LogP contribution in [0.3, 0.4) is 0 Å². The molecular weight excluding hydrogens is 100 g/mol. The van der Waals surface area contributed by atoms with Gasteiger partial charge in [0.2, 0.25) is 0 Å². The molecule has 42 valence electrons. The maximum Gasteiger partial charge on any atom is 0.0336 e. The molecule has 1 fully saturated rings. The van der Waals surface area contributed by atoms with Crippen molar-refractivity contribution in [3.63, 3.8) is 0 Å². The minimum Gasteiger partial charge on any atom is -0.0720 e. The third-order valence-electron chi connectivity index (χ3n) is 1.89. The van der Waals surface area contributed by atoms with E-state index in [2.05, 4.69) is 6.55 Å². The van der Waals surface area contributed by atoms with E-state index in [9.17, 15) is 0 Å². The second-order valence-corrected chi connectivity index (χ2v) is 6.11. The Balaban J connectivity index is 2.12. The summed E-state index contributed by atoms with van der Waals surface area (Å²) in [7, 11) is -0.0945. The van der Waals surface area contributed by atoms with Crippen LogP contribution in [-0.2, 0) is 0 Å². The molecule has 0 bridgehead atoms. The van der Waals surface area contributed by atoms with Crippen LogP contribution >= 0.6 is 0 Å². The highest BCUT2D eigenvalue weighted by molar-refractivity contribution is 6.57. The van der Waals surface area contributed by atoms with Crippen LogP contribution in [0.4, 0.5) is 0 Å². The Hall–Kier alpha value is 0.217. The smallest absolute Gasteiger partial charge is 0.0336 e. The number of hydrogen-bond donors (Lipinski definition) is 0. The molecule has 1 heteroatoms. The van der Waals surface area contributed by atoms with Crippen LogP contribution in [0.25, 0.3) is 0 Å². The summed E-state index contributed by atoms with van der Waals surface area (Å²) in [5, 5.41) is 0. The molecule has 7 heavy (non-hydrogen) atoms. The van der Waals surface area contributed by atoms with Gasteiger partial charge in [0.25, 0.3) is 0 Å². The highest BCUT2D eigenvalue weighted by Gasteiger charge is 2.07. The van der Waals surface area contributed by atoms with E-state index in [4.69, 9.17) is 0 Å². The largest absolute Gasteiger partial charge is 0.0720 e. The van der Waals surface area contributed by atoms with Crippen molar-refractivity contribution in [2.24, 2.45) is 0 Å². The molecule has 0 amide bonds. The molecule has 0 aromatic heterocycles. The quantitative estimate of drug-likeness (QED) is 0.423. The molecule has 0 nitrogen and oxygen atoms in total. The van der Waals surface area contributed by atoms with E-state index in [0.29, 0.717) is 0 Å². The van der Waals surface area contributed by atoms with Gasteiger partial charge in [0.15, 0.2) is 0 Å². The molecular formula is C6H14Si. The monoisotopic (exact) mass is 114 g/mol. The molecule has 0 aromatic rings. The van der Waals surface area contributed by atoms with E-state index in [0.717, 1.165) is 0 Å². The number of hydrogen-bond acceptors (Lipinski definition) is 0. The second-order valence-electron chi connectivity index (χ2n) is 2.74. The Morgan fingerprint density at radius 2 is 1.57 bits per heavy atom. The van der Waals surface area contributed by atoms with Crippen LogP contribution in [0.1, 0.15) is 19.3 Å². The normalized spacial score (nSPS) is 25.3. The minimum atomic E-state index is -0.0945. The zero-order chi connectivity index (χ0) is 5.11. The van der Waals surface area contributed by atoms with Gasteiger partial charge in [-0.05, 0) is 0 Å². The molecule has 0 unspecified atom stereocenters. The average molecular weight is 114 g/mol. The first-order valence-corrected chi connectivity index (χ1v) is 6.18. The van der Waals surface area contributed by atoms with Crippen molar-refractivity contribution in [3.05, 3.63) is 0 Å². The lowest BCUT2D eigenvalue weighted by atomic mass is 10.3. The zero-order valence-electron chi connectivity index (χ0n) is 5.11. The Labute approximate surface area is 47.5 Å². The van der Waals surface area contributed by atoms with Crippen LogP contribution in [0.2, 0.25) is 18.6 Å². The van der Waals surface area contributed by atoms with Gasteiger partial charge in [-0.3, -0.25) is 0 Å². The summed E-state index contributed by atoms with van der Waals surface area (Å²) in [6.45, 7) is 2.50. The molecule has 0 aromatic carbocycles. The molecule has 0 spiro atoms. The molecule has 0 N–H and O–H groups in total. The summed E-state index contributed by atoms with van der Waals surface area (Å²) >= 11 is 0. The first kappa shape index (κ1) is 5.36. The van der Waals surface area contributed by atoms with E-state index in [-0.39, 0.29) is 8.80 Å². The van der Waals surface area contributed by atoms with E-state index < -0.39 is 0 Å². The van der Waals surface area contributed by atoms with Crippen molar-refractivity contribution in [2.45, 2.75) is 37.9 Å². The molecule has 0 aliphatic carbocycles. The summed E-state index contributed by atoms with van der Waals surface area (Å²) < 4.78 is 0. The fourth-order valence-electron chi connectivity index (χ4n) is 1.31. The minimum absolute atomic E-state index is 0.0945. The van der Waals surface area contributed by atoms with Crippen molar-refractivity contribution >= 4 is 8.80 Å². The van der Waals surface area contributed by atoms with E-state index in [1.54, 1.807) is 24.9 Å². The van der Waals surface area contributed by atoms with Gasteiger partial charge in [-0.2, -0.15) is 0 Å². The highest BCUT2D eigenvalue weighted by atomic mass is 28.3. The first-order valence-electron chi connectivity index (χ1n) is 3.39. The standard InChI is InChI=1S/C6H14Si/c1-7-5-3-2-4-6-7/h7H,2-6H2,1H3. The molecule has 1 rings (SSSR count). The first-order chi connectivity index (χ1) is 3.39. The lowest BCUT2D eigenvalue weighted by Gasteiger charge is -2.14. The molecule has 1 saturated heterocycles. The lowest BCUT2D eigenvalue weighted by Crippen LogP contribution is -2.09. The van der Waals surface area contributed by atoms with Crippen LogP contribution in [0.15, 0.2) is 0 Å². The van der Waals surface area contributed by atoms with E-state index in [1.807, 2.05) is 0 Å². The molecule has 0 radical (unpaired) electrons. The summed E-state index contributed by atoms with van der Waals surface area (Å²) in [5.74, 6) is 0. The molecule has 1 aliphatic rings. The number of rotatable bonds is 0. The van der Waals surface area contributed by atoms with Gasteiger partial charge in [0.1, 0.15) is 0 Å². The van der Waals surface area contributed by atoms with Gasteiger partial charge in [0.05, 0.1) is 0 Å². The molecule has 0 saturated carbocycles. The SMILES string of the molecule is C[SiH]1CCCCC1. The predicted octanol–water partition coefficient (Wildman–Crippen LogP) is 2.03. The molecule has 1 heterocycles. The van der Waals surface area contributed by atoms with E-state index >= 15 is 0 Å². The summed E-state index contributed by atoms with van der Waals surface area (Å²) in [6, 6.07) is 3.25. The third-order valence-corrected chi connectivity index (χ3v) is 4.68. The van der Waals surface area contributed by atoms with Gasteiger partial charge < -0.3 is 0 Å². The maximum atomic E-state index is 2.50. The summed E-state index contributed by atoms with van der Waals surface area (Å²) in [6.07, 6.45) is 4.62. The average Bonchev–Trinajstić information content (AvgIpc) is 1.69. The second kappa shape index (κ2) is 2.51. The summed E-state index contributed by atoms with van der Waals surface area (Å²) in [5.41, 5.74) is 0. The molecule has 1 aliphatic heterocycles. The van der Waals surface area contributed by atoms with E-state index in [1.165, 1.54) is 6.42 Å². The van der Waals surface area contributed by atoms with Crippen molar-refractivity contribution in [1.82, 2.24) is 0 Å². The van der Waals surface area contributed by atoms with Crippen LogP contribution < -0.4 is 0 Å². The van der Waals surface area contributed by atoms with Gasteiger partial charge >= 0.3 is 0 Å². The molecule has 0 atom stereocenters.